The number of rotatable bonds is 7. The molecule has 3 amide bonds. The molecule has 7 nitrogen and oxygen atoms in total. The van der Waals surface area contributed by atoms with Gasteiger partial charge in [0.2, 0.25) is 5.91 Å². The Morgan fingerprint density at radius 1 is 1.11 bits per heavy atom. The van der Waals surface area contributed by atoms with Crippen molar-refractivity contribution in [3.63, 3.8) is 0 Å². The molecule has 0 bridgehead atoms. The molecule has 0 fully saturated rings. The predicted octanol–water partition coefficient (Wildman–Crippen LogP) is 3.38. The fraction of sp³-hybridized carbons (Fsp3) is 0.111. The number of nitrogens with one attached hydrogen (secondary N) is 2. The molecule has 1 aromatic carbocycles. The van der Waals surface area contributed by atoms with E-state index in [1.165, 1.54) is 22.7 Å². The van der Waals surface area contributed by atoms with Crippen LogP contribution in [-0.2, 0) is 4.79 Å². The highest BCUT2D eigenvalue weighted by molar-refractivity contribution is 7.23. The first-order chi connectivity index (χ1) is 13.4. The molecule has 0 aliphatic heterocycles. The van der Waals surface area contributed by atoms with E-state index in [9.17, 15) is 14.4 Å². The molecule has 0 radical (unpaired) electrons. The van der Waals surface area contributed by atoms with Gasteiger partial charge in [0.25, 0.3) is 11.8 Å². The average molecular weight is 435 g/mol. The number of anilines is 1. The van der Waals surface area contributed by atoms with Crippen LogP contribution in [0.2, 0.25) is 4.34 Å². The molecule has 0 unspecified atom stereocenters. The zero-order chi connectivity index (χ0) is 20.1. The minimum Gasteiger partial charge on any atom is -0.370 e. The Bertz CT molecular complexity index is 1030. The number of hydrogen-bond donors (Lipinski definition) is 3. The molecule has 0 atom stereocenters. The van der Waals surface area contributed by atoms with Gasteiger partial charge in [-0.3, -0.25) is 14.4 Å². The standard InChI is InChI=1S/C18H15ClN4O3S2/c19-14-6-5-13(28-14)18-23-12(9-27-18)17(26)22-11-4-2-1-3-10(11)16(25)21-8-7-15(20)24/h1-6,9H,7-8H2,(H2,20,24)(H,21,25)(H,22,26). The summed E-state index contributed by atoms with van der Waals surface area (Å²) in [5.74, 6) is -1.35. The predicted molar refractivity (Wildman–Crippen MR) is 111 cm³/mol. The van der Waals surface area contributed by atoms with Crippen LogP contribution in [0.3, 0.4) is 0 Å². The summed E-state index contributed by atoms with van der Waals surface area (Å²) in [4.78, 5) is 40.9. The summed E-state index contributed by atoms with van der Waals surface area (Å²) in [6.45, 7) is 0.120. The molecule has 28 heavy (non-hydrogen) atoms. The van der Waals surface area contributed by atoms with Crippen LogP contribution >= 0.6 is 34.3 Å². The first-order valence-corrected chi connectivity index (χ1v) is 10.2. The lowest BCUT2D eigenvalue weighted by atomic mass is 10.1. The highest BCUT2D eigenvalue weighted by atomic mass is 35.5. The fourth-order valence-electron chi connectivity index (χ4n) is 2.29. The van der Waals surface area contributed by atoms with Crippen LogP contribution in [-0.4, -0.2) is 29.3 Å². The van der Waals surface area contributed by atoms with Crippen molar-refractivity contribution >= 4 is 57.7 Å². The number of carbonyl (C=O) groups is 3. The highest BCUT2D eigenvalue weighted by Gasteiger charge is 2.17. The lowest BCUT2D eigenvalue weighted by Crippen LogP contribution is -2.28. The van der Waals surface area contributed by atoms with E-state index < -0.39 is 17.7 Å². The van der Waals surface area contributed by atoms with E-state index in [-0.39, 0.29) is 24.2 Å². The SMILES string of the molecule is NC(=O)CCNC(=O)c1ccccc1NC(=O)c1csc(-c2ccc(Cl)s2)n1. The molecule has 0 aliphatic carbocycles. The second-order valence-electron chi connectivity index (χ2n) is 5.61. The number of amides is 3. The minimum atomic E-state index is -0.506. The number of carbonyl (C=O) groups excluding carboxylic acids is 3. The number of aromatic nitrogens is 1. The van der Waals surface area contributed by atoms with Gasteiger partial charge in [-0.15, -0.1) is 22.7 Å². The topological polar surface area (TPSA) is 114 Å². The smallest absolute Gasteiger partial charge is 0.275 e. The lowest BCUT2D eigenvalue weighted by molar-refractivity contribution is -0.117. The van der Waals surface area contributed by atoms with Crippen LogP contribution in [0.25, 0.3) is 9.88 Å². The number of nitrogens with two attached hydrogens (primary N) is 1. The van der Waals surface area contributed by atoms with Crippen molar-refractivity contribution in [1.29, 1.82) is 0 Å². The number of primary amides is 1. The maximum atomic E-state index is 12.6. The van der Waals surface area contributed by atoms with Crippen LogP contribution in [0.5, 0.6) is 0 Å². The Hall–Kier alpha value is -2.75. The van der Waals surface area contributed by atoms with Crippen molar-refractivity contribution in [2.75, 3.05) is 11.9 Å². The van der Waals surface area contributed by atoms with E-state index in [1.54, 1.807) is 35.7 Å². The maximum absolute atomic E-state index is 12.6. The van der Waals surface area contributed by atoms with Crippen LogP contribution in [0.4, 0.5) is 5.69 Å². The minimum absolute atomic E-state index is 0.0363. The summed E-state index contributed by atoms with van der Waals surface area (Å²) < 4.78 is 0.646. The van der Waals surface area contributed by atoms with Crippen molar-refractivity contribution < 1.29 is 14.4 Å². The third kappa shape index (κ3) is 4.94. The van der Waals surface area contributed by atoms with Crippen molar-refractivity contribution in [1.82, 2.24) is 10.3 Å². The van der Waals surface area contributed by atoms with Gasteiger partial charge in [-0.2, -0.15) is 0 Å². The summed E-state index contributed by atoms with van der Waals surface area (Å²) in [5, 5.41) is 7.64. The summed E-state index contributed by atoms with van der Waals surface area (Å²) >= 11 is 8.66. The van der Waals surface area contributed by atoms with Crippen LogP contribution in [0.1, 0.15) is 27.3 Å². The van der Waals surface area contributed by atoms with Gasteiger partial charge in [-0.1, -0.05) is 23.7 Å². The Balaban J connectivity index is 1.71. The van der Waals surface area contributed by atoms with Crippen molar-refractivity contribution in [3.8, 4) is 9.88 Å². The zero-order valence-electron chi connectivity index (χ0n) is 14.4. The maximum Gasteiger partial charge on any atom is 0.275 e. The van der Waals surface area contributed by atoms with E-state index in [2.05, 4.69) is 15.6 Å². The van der Waals surface area contributed by atoms with E-state index in [0.29, 0.717) is 15.0 Å². The average Bonchev–Trinajstić information content (AvgIpc) is 3.30. The fourth-order valence-corrected chi connectivity index (χ4v) is 4.21. The summed E-state index contributed by atoms with van der Waals surface area (Å²) in [5.41, 5.74) is 5.93. The second-order valence-corrected chi connectivity index (χ2v) is 8.19. The molecule has 0 saturated heterocycles. The molecule has 10 heteroatoms. The van der Waals surface area contributed by atoms with Gasteiger partial charge in [0.1, 0.15) is 10.7 Å². The van der Waals surface area contributed by atoms with E-state index >= 15 is 0 Å². The van der Waals surface area contributed by atoms with E-state index in [4.69, 9.17) is 17.3 Å². The van der Waals surface area contributed by atoms with Crippen LogP contribution in [0, 0.1) is 0 Å². The number of nitrogens with zero attached hydrogens (tertiary/aromatic N) is 1. The molecular weight excluding hydrogens is 420 g/mol. The van der Waals surface area contributed by atoms with Gasteiger partial charge in [0, 0.05) is 18.3 Å². The van der Waals surface area contributed by atoms with Crippen molar-refractivity contribution in [2.24, 2.45) is 5.73 Å². The van der Waals surface area contributed by atoms with Gasteiger partial charge in [0.05, 0.1) is 20.5 Å². The number of para-hydroxylation sites is 1. The molecule has 3 rings (SSSR count). The number of thiazole rings is 1. The monoisotopic (exact) mass is 434 g/mol. The van der Waals surface area contributed by atoms with Gasteiger partial charge in [-0.25, -0.2) is 4.98 Å². The zero-order valence-corrected chi connectivity index (χ0v) is 16.8. The lowest BCUT2D eigenvalue weighted by Gasteiger charge is -2.10. The van der Waals surface area contributed by atoms with Gasteiger partial charge in [0.15, 0.2) is 0 Å². The van der Waals surface area contributed by atoms with E-state index in [0.717, 1.165) is 4.88 Å². The first kappa shape index (κ1) is 20.0. The summed E-state index contributed by atoms with van der Waals surface area (Å²) in [7, 11) is 0. The number of benzene rings is 1. The molecule has 0 saturated carbocycles. The quantitative estimate of drug-likeness (QED) is 0.528. The number of halogens is 1. The Labute approximate surface area is 173 Å². The molecule has 0 aliphatic rings. The van der Waals surface area contributed by atoms with Crippen molar-refractivity contribution in [3.05, 3.63) is 57.4 Å². The molecule has 0 spiro atoms. The second kappa shape index (κ2) is 8.96. The molecule has 2 heterocycles. The third-order valence-electron chi connectivity index (χ3n) is 3.60. The number of thiophene rings is 1. The molecule has 3 aromatic rings. The van der Waals surface area contributed by atoms with E-state index in [1.807, 2.05) is 6.07 Å². The largest absolute Gasteiger partial charge is 0.370 e. The Kier molecular flexibility index (Phi) is 6.40. The first-order valence-electron chi connectivity index (χ1n) is 8.12. The van der Waals surface area contributed by atoms with Gasteiger partial charge in [-0.05, 0) is 24.3 Å². The van der Waals surface area contributed by atoms with Gasteiger partial charge < -0.3 is 16.4 Å². The Morgan fingerprint density at radius 3 is 2.61 bits per heavy atom. The highest BCUT2D eigenvalue weighted by Crippen LogP contribution is 2.33. The third-order valence-corrected chi connectivity index (χ3v) is 5.84. The normalized spacial score (nSPS) is 10.5. The Morgan fingerprint density at radius 2 is 1.89 bits per heavy atom. The van der Waals surface area contributed by atoms with Crippen LogP contribution < -0.4 is 16.4 Å². The van der Waals surface area contributed by atoms with Crippen LogP contribution in [0.15, 0.2) is 41.8 Å². The summed E-state index contributed by atoms with van der Waals surface area (Å²) in [6, 6.07) is 10.2. The van der Waals surface area contributed by atoms with Crippen molar-refractivity contribution in [2.45, 2.75) is 6.42 Å². The van der Waals surface area contributed by atoms with Gasteiger partial charge >= 0.3 is 0 Å². The number of hydrogen-bond acceptors (Lipinski definition) is 6. The molecule has 144 valence electrons. The molecular formula is C18H15ClN4O3S2. The summed E-state index contributed by atoms with van der Waals surface area (Å²) in [6.07, 6.45) is 0.0363. The molecule has 4 N–H and O–H groups in total. The molecule has 2 aromatic heterocycles.